The fourth-order valence-electron chi connectivity index (χ4n) is 1.38. The number of hydrogen-bond acceptors (Lipinski definition) is 6. The molecule has 0 aliphatic rings. The number of carbonyl (C=O) groups is 2. The number of aromatic hydroxyl groups is 2. The average molecular weight is 275 g/mol. The van der Waals surface area contributed by atoms with Gasteiger partial charge in [0.1, 0.15) is 16.3 Å². The first-order valence-corrected chi connectivity index (χ1v) is 5.18. The van der Waals surface area contributed by atoms with Crippen molar-refractivity contribution in [1.82, 2.24) is 0 Å². The summed E-state index contributed by atoms with van der Waals surface area (Å²) >= 11 is 5.60. The Morgan fingerprint density at radius 2 is 1.89 bits per heavy atom. The predicted octanol–water partition coefficient (Wildman–Crippen LogP) is 1.25. The van der Waals surface area contributed by atoms with E-state index < -0.39 is 23.4 Å². The second-order valence-corrected chi connectivity index (χ2v) is 3.71. The number of rotatable bonds is 3. The average Bonchev–Trinajstić information content (AvgIpc) is 2.35. The fourth-order valence-corrected chi connectivity index (χ4v) is 1.53. The van der Waals surface area contributed by atoms with Crippen molar-refractivity contribution in [3.63, 3.8) is 0 Å². The van der Waals surface area contributed by atoms with Gasteiger partial charge in [0.25, 0.3) is 0 Å². The minimum absolute atomic E-state index is 0.0631. The number of methoxy groups -OCH3 is 2. The van der Waals surface area contributed by atoms with E-state index in [0.29, 0.717) is 0 Å². The molecule has 7 heteroatoms. The van der Waals surface area contributed by atoms with Gasteiger partial charge < -0.3 is 19.7 Å². The third-order valence-electron chi connectivity index (χ3n) is 2.25. The minimum Gasteiger partial charge on any atom is -0.506 e. The Kier molecular flexibility index (Phi) is 4.38. The summed E-state index contributed by atoms with van der Waals surface area (Å²) in [6.07, 6.45) is -0.306. The molecule has 0 spiro atoms. The Hall–Kier alpha value is -1.95. The number of esters is 2. The lowest BCUT2D eigenvalue weighted by atomic mass is 10.0. The van der Waals surface area contributed by atoms with Crippen molar-refractivity contribution in [3.8, 4) is 11.5 Å². The highest BCUT2D eigenvalue weighted by molar-refractivity contribution is 6.34. The van der Waals surface area contributed by atoms with Gasteiger partial charge >= 0.3 is 11.9 Å². The van der Waals surface area contributed by atoms with Crippen LogP contribution < -0.4 is 0 Å². The standard InChI is InChI=1S/C11H11ClO6/c1-17-7(14)4-5-3-6(13)9(12)10(15)8(5)11(16)18-2/h3,13,15H,4H2,1-2H3. The van der Waals surface area contributed by atoms with E-state index in [-0.39, 0.29) is 22.6 Å². The van der Waals surface area contributed by atoms with Crippen molar-refractivity contribution in [3.05, 3.63) is 22.2 Å². The van der Waals surface area contributed by atoms with Crippen LogP contribution in [0.25, 0.3) is 0 Å². The molecule has 0 aliphatic heterocycles. The van der Waals surface area contributed by atoms with E-state index in [4.69, 9.17) is 11.6 Å². The molecule has 0 heterocycles. The molecule has 0 aliphatic carbocycles. The summed E-state index contributed by atoms with van der Waals surface area (Å²) in [5.41, 5.74) is -0.209. The Labute approximate surface area is 108 Å². The molecule has 18 heavy (non-hydrogen) atoms. The van der Waals surface area contributed by atoms with Crippen LogP contribution in [0.2, 0.25) is 5.02 Å². The monoisotopic (exact) mass is 274 g/mol. The first-order valence-electron chi connectivity index (χ1n) is 4.80. The summed E-state index contributed by atoms with van der Waals surface area (Å²) < 4.78 is 8.92. The van der Waals surface area contributed by atoms with Crippen LogP contribution in [0, 0.1) is 0 Å². The van der Waals surface area contributed by atoms with Gasteiger partial charge in [0, 0.05) is 0 Å². The summed E-state index contributed by atoms with van der Waals surface area (Å²) in [4.78, 5) is 22.7. The van der Waals surface area contributed by atoms with Crippen molar-refractivity contribution in [1.29, 1.82) is 0 Å². The lowest BCUT2D eigenvalue weighted by molar-refractivity contribution is -0.139. The molecule has 1 rings (SSSR count). The maximum atomic E-state index is 11.5. The summed E-state index contributed by atoms with van der Waals surface area (Å²) in [5, 5.41) is 18.8. The van der Waals surface area contributed by atoms with Crippen LogP contribution >= 0.6 is 11.6 Å². The van der Waals surface area contributed by atoms with E-state index in [1.165, 1.54) is 7.11 Å². The van der Waals surface area contributed by atoms with Gasteiger partial charge in [-0.25, -0.2) is 4.79 Å². The molecule has 0 unspecified atom stereocenters. The highest BCUT2D eigenvalue weighted by atomic mass is 35.5. The van der Waals surface area contributed by atoms with Gasteiger partial charge in [-0.2, -0.15) is 0 Å². The molecule has 1 aromatic rings. The van der Waals surface area contributed by atoms with E-state index in [0.717, 1.165) is 13.2 Å². The van der Waals surface area contributed by atoms with E-state index in [2.05, 4.69) is 9.47 Å². The first kappa shape index (κ1) is 14.1. The second-order valence-electron chi connectivity index (χ2n) is 3.34. The van der Waals surface area contributed by atoms with Gasteiger partial charge in [-0.1, -0.05) is 11.6 Å². The normalized spacial score (nSPS) is 9.94. The van der Waals surface area contributed by atoms with Crippen molar-refractivity contribution < 1.29 is 29.3 Å². The van der Waals surface area contributed by atoms with Gasteiger partial charge in [0.2, 0.25) is 0 Å². The summed E-state index contributed by atoms with van der Waals surface area (Å²) in [5.74, 6) is -2.59. The molecule has 0 saturated heterocycles. The van der Waals surface area contributed by atoms with E-state index in [9.17, 15) is 19.8 Å². The Balaban J connectivity index is 3.39. The van der Waals surface area contributed by atoms with Crippen molar-refractivity contribution in [2.75, 3.05) is 14.2 Å². The van der Waals surface area contributed by atoms with Gasteiger partial charge in [-0.05, 0) is 11.6 Å². The molecule has 0 aromatic heterocycles. The Morgan fingerprint density at radius 1 is 1.28 bits per heavy atom. The summed E-state index contributed by atoms with van der Waals surface area (Å²) in [6.45, 7) is 0. The first-order chi connectivity index (χ1) is 8.42. The zero-order chi connectivity index (χ0) is 13.9. The topological polar surface area (TPSA) is 93.1 Å². The second kappa shape index (κ2) is 5.59. The number of phenolic OH excluding ortho intramolecular Hbond substituents is 2. The van der Waals surface area contributed by atoms with E-state index >= 15 is 0 Å². The van der Waals surface area contributed by atoms with Crippen molar-refractivity contribution in [2.24, 2.45) is 0 Å². The van der Waals surface area contributed by atoms with Crippen LogP contribution in [0.4, 0.5) is 0 Å². The zero-order valence-electron chi connectivity index (χ0n) is 9.69. The number of halogens is 1. The SMILES string of the molecule is COC(=O)Cc1cc(O)c(Cl)c(O)c1C(=O)OC. The molecular formula is C11H11ClO6. The van der Waals surface area contributed by atoms with Crippen LogP contribution in [-0.4, -0.2) is 36.4 Å². The van der Waals surface area contributed by atoms with Crippen LogP contribution in [0.5, 0.6) is 11.5 Å². The molecule has 6 nitrogen and oxygen atoms in total. The van der Waals surface area contributed by atoms with Crippen LogP contribution in [-0.2, 0) is 20.7 Å². The van der Waals surface area contributed by atoms with Crippen LogP contribution in [0.1, 0.15) is 15.9 Å². The van der Waals surface area contributed by atoms with Crippen molar-refractivity contribution in [2.45, 2.75) is 6.42 Å². The lowest BCUT2D eigenvalue weighted by Gasteiger charge is -2.11. The van der Waals surface area contributed by atoms with E-state index in [1.807, 2.05) is 0 Å². The lowest BCUT2D eigenvalue weighted by Crippen LogP contribution is -2.11. The molecule has 0 amide bonds. The number of phenols is 2. The molecule has 0 atom stereocenters. The maximum Gasteiger partial charge on any atom is 0.341 e. The third-order valence-corrected chi connectivity index (χ3v) is 2.63. The number of benzene rings is 1. The Bertz CT molecular complexity index is 497. The van der Waals surface area contributed by atoms with Gasteiger partial charge in [0.05, 0.1) is 20.6 Å². The molecule has 0 radical (unpaired) electrons. The maximum absolute atomic E-state index is 11.5. The Morgan fingerprint density at radius 3 is 2.39 bits per heavy atom. The zero-order valence-corrected chi connectivity index (χ0v) is 10.4. The predicted molar refractivity (Wildman–Crippen MR) is 61.8 cm³/mol. The third kappa shape index (κ3) is 2.65. The molecule has 2 N–H and O–H groups in total. The van der Waals surface area contributed by atoms with Crippen molar-refractivity contribution >= 4 is 23.5 Å². The molecule has 0 saturated carbocycles. The number of carbonyl (C=O) groups excluding carboxylic acids is 2. The van der Waals surface area contributed by atoms with Crippen LogP contribution in [0.3, 0.4) is 0 Å². The number of hydrogen-bond donors (Lipinski definition) is 2. The largest absolute Gasteiger partial charge is 0.506 e. The fraction of sp³-hybridized carbons (Fsp3) is 0.273. The smallest absolute Gasteiger partial charge is 0.341 e. The molecule has 0 fully saturated rings. The molecule has 0 bridgehead atoms. The summed E-state index contributed by atoms with van der Waals surface area (Å²) in [6, 6.07) is 1.10. The highest BCUT2D eigenvalue weighted by Crippen LogP contribution is 2.38. The number of ether oxygens (including phenoxy) is 2. The molecular weight excluding hydrogens is 264 g/mol. The highest BCUT2D eigenvalue weighted by Gasteiger charge is 2.24. The van der Waals surface area contributed by atoms with Gasteiger partial charge in [-0.3, -0.25) is 4.79 Å². The summed E-state index contributed by atoms with van der Waals surface area (Å²) in [7, 11) is 2.29. The quantitative estimate of drug-likeness (QED) is 0.806. The molecule has 98 valence electrons. The van der Waals surface area contributed by atoms with Gasteiger partial charge in [0.15, 0.2) is 5.75 Å². The van der Waals surface area contributed by atoms with Gasteiger partial charge in [-0.15, -0.1) is 0 Å². The minimum atomic E-state index is -0.867. The van der Waals surface area contributed by atoms with Crippen LogP contribution in [0.15, 0.2) is 6.07 Å². The van der Waals surface area contributed by atoms with E-state index in [1.54, 1.807) is 0 Å². The molecule has 1 aromatic carbocycles.